The molecule has 0 bridgehead atoms. The van der Waals surface area contributed by atoms with Crippen molar-refractivity contribution in [1.29, 1.82) is 0 Å². The number of H-pyrrole nitrogens is 1. The molecule has 1 aromatic rings. The normalized spacial score (nSPS) is 21.2. The van der Waals surface area contributed by atoms with E-state index in [-0.39, 0.29) is 17.5 Å². The Labute approximate surface area is 120 Å². The van der Waals surface area contributed by atoms with Crippen LogP contribution < -0.4 is 10.5 Å². The first-order valence-electron chi connectivity index (χ1n) is 6.89. The second kappa shape index (κ2) is 6.21. The molecule has 1 fully saturated rings. The fourth-order valence-electron chi connectivity index (χ4n) is 2.64. The monoisotopic (exact) mass is 301 g/mol. The molecular formula is C12H23N5O2S. The molecule has 0 aromatic carbocycles. The Hall–Kier alpha value is -0.960. The lowest BCUT2D eigenvalue weighted by Gasteiger charge is -2.32. The van der Waals surface area contributed by atoms with Gasteiger partial charge in [0.2, 0.25) is 10.0 Å². The molecule has 1 saturated heterocycles. The van der Waals surface area contributed by atoms with E-state index in [1.54, 1.807) is 6.92 Å². The summed E-state index contributed by atoms with van der Waals surface area (Å²) in [6.45, 7) is 3.23. The Bertz CT molecular complexity index is 554. The molecule has 0 spiro atoms. The second-order valence-electron chi connectivity index (χ2n) is 5.31. The van der Waals surface area contributed by atoms with Crippen molar-refractivity contribution in [3.63, 3.8) is 0 Å². The maximum absolute atomic E-state index is 12.4. The summed E-state index contributed by atoms with van der Waals surface area (Å²) in [5.41, 5.74) is 6.44. The molecule has 20 heavy (non-hydrogen) atoms. The highest BCUT2D eigenvalue weighted by Gasteiger charge is 2.26. The first-order chi connectivity index (χ1) is 9.45. The fraction of sp³-hybridized carbons (Fsp3) is 0.750. The smallest absolute Gasteiger partial charge is 0.244 e. The standard InChI is InChI=1S/C12H23N5O2S/c1-9-12(11(7-13)16-15-9)20(18,19)14-8-10-5-3-4-6-17(10)2/h10,14H,3-8,13H2,1-2H3,(H,15,16). The molecule has 0 saturated carbocycles. The van der Waals surface area contributed by atoms with E-state index < -0.39 is 10.0 Å². The van der Waals surface area contributed by atoms with Gasteiger partial charge in [-0.05, 0) is 33.4 Å². The Morgan fingerprint density at radius 1 is 1.50 bits per heavy atom. The first-order valence-corrected chi connectivity index (χ1v) is 8.38. The minimum Gasteiger partial charge on any atom is -0.325 e. The van der Waals surface area contributed by atoms with E-state index in [0.29, 0.717) is 17.9 Å². The average Bonchev–Trinajstić information content (AvgIpc) is 2.80. The van der Waals surface area contributed by atoms with Gasteiger partial charge in [-0.15, -0.1) is 0 Å². The molecule has 114 valence electrons. The quantitative estimate of drug-likeness (QED) is 0.707. The van der Waals surface area contributed by atoms with Gasteiger partial charge in [-0.3, -0.25) is 5.10 Å². The SMILES string of the molecule is Cc1[nH]nc(CN)c1S(=O)(=O)NCC1CCCCN1C. The van der Waals surface area contributed by atoms with Gasteiger partial charge in [-0.2, -0.15) is 5.10 Å². The number of nitrogens with zero attached hydrogens (tertiary/aromatic N) is 2. The highest BCUT2D eigenvalue weighted by atomic mass is 32.2. The number of rotatable bonds is 5. The van der Waals surface area contributed by atoms with Crippen molar-refractivity contribution in [1.82, 2.24) is 19.8 Å². The van der Waals surface area contributed by atoms with Crippen LogP contribution in [0.1, 0.15) is 30.7 Å². The molecule has 1 aliphatic rings. The Morgan fingerprint density at radius 2 is 2.25 bits per heavy atom. The van der Waals surface area contributed by atoms with Crippen LogP contribution in [0.25, 0.3) is 0 Å². The van der Waals surface area contributed by atoms with Crippen molar-refractivity contribution < 1.29 is 8.42 Å². The summed E-state index contributed by atoms with van der Waals surface area (Å²) in [5.74, 6) is 0. The van der Waals surface area contributed by atoms with E-state index in [9.17, 15) is 8.42 Å². The molecular weight excluding hydrogens is 278 g/mol. The van der Waals surface area contributed by atoms with Crippen molar-refractivity contribution in [2.75, 3.05) is 20.1 Å². The van der Waals surface area contributed by atoms with Gasteiger partial charge in [0, 0.05) is 19.1 Å². The van der Waals surface area contributed by atoms with Crippen molar-refractivity contribution in [2.45, 2.75) is 43.7 Å². The molecule has 1 unspecified atom stereocenters. The van der Waals surface area contributed by atoms with Crippen LogP contribution in [-0.4, -0.2) is 49.7 Å². The number of aromatic amines is 1. The first kappa shape index (κ1) is 15.4. The maximum Gasteiger partial charge on any atom is 0.244 e. The lowest BCUT2D eigenvalue weighted by Crippen LogP contribution is -2.44. The minimum atomic E-state index is -3.56. The molecule has 1 aromatic heterocycles. The summed E-state index contributed by atoms with van der Waals surface area (Å²) in [5, 5.41) is 6.61. The molecule has 2 heterocycles. The van der Waals surface area contributed by atoms with Gasteiger partial charge in [0.15, 0.2) is 0 Å². The van der Waals surface area contributed by atoms with Crippen LogP contribution in [0.4, 0.5) is 0 Å². The zero-order valence-electron chi connectivity index (χ0n) is 12.0. The van der Waals surface area contributed by atoms with E-state index in [4.69, 9.17) is 5.73 Å². The van der Waals surface area contributed by atoms with Crippen molar-refractivity contribution in [3.05, 3.63) is 11.4 Å². The van der Waals surface area contributed by atoms with Crippen LogP contribution in [0.2, 0.25) is 0 Å². The van der Waals surface area contributed by atoms with E-state index >= 15 is 0 Å². The highest BCUT2D eigenvalue weighted by Crippen LogP contribution is 2.18. The van der Waals surface area contributed by atoms with E-state index in [1.807, 2.05) is 7.05 Å². The molecule has 4 N–H and O–H groups in total. The third kappa shape index (κ3) is 3.20. The summed E-state index contributed by atoms with van der Waals surface area (Å²) in [6.07, 6.45) is 3.35. The lowest BCUT2D eigenvalue weighted by molar-refractivity contribution is 0.187. The molecule has 7 nitrogen and oxygen atoms in total. The second-order valence-corrected chi connectivity index (χ2v) is 7.01. The van der Waals surface area contributed by atoms with Crippen LogP contribution in [-0.2, 0) is 16.6 Å². The zero-order chi connectivity index (χ0) is 14.8. The van der Waals surface area contributed by atoms with Crippen LogP contribution in [0, 0.1) is 6.92 Å². The van der Waals surface area contributed by atoms with Crippen LogP contribution in [0.15, 0.2) is 4.90 Å². The van der Waals surface area contributed by atoms with Gasteiger partial charge in [0.25, 0.3) is 0 Å². The summed E-state index contributed by atoms with van der Waals surface area (Å²) in [4.78, 5) is 2.40. The largest absolute Gasteiger partial charge is 0.325 e. The van der Waals surface area contributed by atoms with Gasteiger partial charge >= 0.3 is 0 Å². The highest BCUT2D eigenvalue weighted by molar-refractivity contribution is 7.89. The lowest BCUT2D eigenvalue weighted by atomic mass is 10.0. The average molecular weight is 301 g/mol. The Balaban J connectivity index is 2.09. The van der Waals surface area contributed by atoms with Crippen molar-refractivity contribution in [3.8, 4) is 0 Å². The number of likely N-dealkylation sites (tertiary alicyclic amines) is 1. The molecule has 0 radical (unpaired) electrons. The number of likely N-dealkylation sites (N-methyl/N-ethyl adjacent to an activating group) is 1. The number of aromatic nitrogens is 2. The Kier molecular flexibility index (Phi) is 4.79. The number of aryl methyl sites for hydroxylation is 1. The summed E-state index contributed by atoms with van der Waals surface area (Å²) >= 11 is 0. The summed E-state index contributed by atoms with van der Waals surface area (Å²) < 4.78 is 27.5. The van der Waals surface area contributed by atoms with Crippen LogP contribution in [0.5, 0.6) is 0 Å². The molecule has 8 heteroatoms. The van der Waals surface area contributed by atoms with Gasteiger partial charge in [-0.1, -0.05) is 6.42 Å². The van der Waals surface area contributed by atoms with E-state index in [2.05, 4.69) is 19.8 Å². The molecule has 0 aliphatic carbocycles. The van der Waals surface area contributed by atoms with Gasteiger partial charge in [0.05, 0.1) is 11.4 Å². The van der Waals surface area contributed by atoms with Crippen LogP contribution >= 0.6 is 0 Å². The summed E-state index contributed by atoms with van der Waals surface area (Å²) in [7, 11) is -1.53. The number of nitrogens with one attached hydrogen (secondary N) is 2. The maximum atomic E-state index is 12.4. The van der Waals surface area contributed by atoms with Gasteiger partial charge in [-0.25, -0.2) is 13.1 Å². The van der Waals surface area contributed by atoms with Crippen molar-refractivity contribution >= 4 is 10.0 Å². The molecule has 1 atom stereocenters. The minimum absolute atomic E-state index is 0.101. The number of hydrogen-bond acceptors (Lipinski definition) is 5. The van der Waals surface area contributed by atoms with Gasteiger partial charge in [0.1, 0.15) is 4.90 Å². The van der Waals surface area contributed by atoms with Gasteiger partial charge < -0.3 is 10.6 Å². The fourth-order valence-corrected chi connectivity index (χ4v) is 4.09. The number of piperidine rings is 1. The third-order valence-electron chi connectivity index (χ3n) is 3.85. The van der Waals surface area contributed by atoms with E-state index in [1.165, 1.54) is 6.42 Å². The number of hydrogen-bond donors (Lipinski definition) is 3. The third-order valence-corrected chi connectivity index (χ3v) is 5.48. The van der Waals surface area contributed by atoms with Crippen molar-refractivity contribution in [2.24, 2.45) is 5.73 Å². The number of nitrogens with two attached hydrogens (primary N) is 1. The van der Waals surface area contributed by atoms with E-state index in [0.717, 1.165) is 19.4 Å². The van der Waals surface area contributed by atoms with Crippen LogP contribution in [0.3, 0.4) is 0 Å². The molecule has 1 aliphatic heterocycles. The molecule has 2 rings (SSSR count). The predicted octanol–water partition coefficient (Wildman–Crippen LogP) is -0.0606. The number of sulfonamides is 1. The summed E-state index contributed by atoms with van der Waals surface area (Å²) in [6, 6.07) is 0.257. The topological polar surface area (TPSA) is 104 Å². The zero-order valence-corrected chi connectivity index (χ0v) is 12.8. The predicted molar refractivity (Wildman–Crippen MR) is 76.7 cm³/mol. The molecule has 0 amide bonds. The Morgan fingerprint density at radius 3 is 2.90 bits per heavy atom.